The quantitative estimate of drug-likeness (QED) is 0.657. The predicted molar refractivity (Wildman–Crippen MR) is 60.7 cm³/mol. The Morgan fingerprint density at radius 2 is 1.36 bits per heavy atom. The fourth-order valence-corrected chi connectivity index (χ4v) is 0.534. The molecule has 0 spiro atoms. The molecule has 0 saturated carbocycles. The predicted octanol–water partition coefficient (Wildman–Crippen LogP) is 3.67. The van der Waals surface area contributed by atoms with Gasteiger partial charge in [0.15, 0.2) is 0 Å². The second-order valence-corrected chi connectivity index (χ2v) is 2.56. The summed E-state index contributed by atoms with van der Waals surface area (Å²) < 4.78 is 0. The van der Waals surface area contributed by atoms with Crippen LogP contribution in [0.4, 0.5) is 0 Å². The molecule has 1 aromatic carbocycles. The van der Waals surface area contributed by atoms with Crippen LogP contribution in [0.25, 0.3) is 0 Å². The molecule has 0 aliphatic rings. The topological polar surface area (TPSA) is 17.1 Å². The first-order valence-corrected chi connectivity index (χ1v) is 3.61. The van der Waals surface area contributed by atoms with Gasteiger partial charge >= 0.3 is 0 Å². The van der Waals surface area contributed by atoms with Crippen molar-refractivity contribution in [1.29, 1.82) is 0 Å². The summed E-state index contributed by atoms with van der Waals surface area (Å²) in [5, 5.41) is 0. The van der Waals surface area contributed by atoms with Crippen LogP contribution in [0.3, 0.4) is 0 Å². The average Bonchev–Trinajstić information content (AvgIpc) is 1.87. The summed E-state index contributed by atoms with van der Waals surface area (Å²) in [6.45, 7) is 5.14. The van der Waals surface area contributed by atoms with Gasteiger partial charge in [0.05, 0.1) is 0 Å². The van der Waals surface area contributed by atoms with Gasteiger partial charge in [0.1, 0.15) is 5.78 Å². The zero-order chi connectivity index (χ0) is 8.69. The number of carbonyl (C=O) groups is 1. The molecule has 1 nitrogen and oxygen atoms in total. The van der Waals surface area contributed by atoms with E-state index in [0.29, 0.717) is 0 Å². The second-order valence-electron chi connectivity index (χ2n) is 2.56. The monoisotopic (exact) mass is 270 g/mol. The normalized spacial score (nSPS) is 6.21. The van der Waals surface area contributed by atoms with E-state index in [-0.39, 0.29) is 53.3 Å². The Morgan fingerprint density at radius 1 is 1.07 bits per heavy atom. The molecule has 0 unspecified atom stereocenters. The third-order valence-electron chi connectivity index (χ3n) is 0.940. The standard InChI is InChI=1S/C7H8.C3H6O.CH4.CH3.Y/c1-7-5-3-2-4-6-7;1-3(2)4;;;/h2-6H,1H3;1-2H3;1H4;1H3;/q;;;-1;. The van der Waals surface area contributed by atoms with Gasteiger partial charge in [0.25, 0.3) is 0 Å². The number of aryl methyl sites for hydroxylation is 1. The molecular formula is C12H21OY-. The van der Waals surface area contributed by atoms with Crippen molar-refractivity contribution in [2.45, 2.75) is 28.2 Å². The molecule has 0 amide bonds. The minimum Gasteiger partial charge on any atom is -0.358 e. The summed E-state index contributed by atoms with van der Waals surface area (Å²) in [5.74, 6) is 0.167. The Hall–Kier alpha value is -0.00610. The molecule has 1 radical (unpaired) electrons. The van der Waals surface area contributed by atoms with Gasteiger partial charge in [-0.15, -0.1) is 0 Å². The molecule has 0 N–H and O–H groups in total. The largest absolute Gasteiger partial charge is 0.358 e. The van der Waals surface area contributed by atoms with Crippen LogP contribution in [-0.4, -0.2) is 5.78 Å². The van der Waals surface area contributed by atoms with E-state index in [1.807, 2.05) is 18.2 Å². The maximum absolute atomic E-state index is 9.44. The van der Waals surface area contributed by atoms with Crippen molar-refractivity contribution in [3.8, 4) is 0 Å². The SMILES string of the molecule is C.CC(C)=O.Cc1ccccc1.[CH3-].[Y]. The number of hydrogen-bond acceptors (Lipinski definition) is 1. The van der Waals surface area contributed by atoms with E-state index in [2.05, 4.69) is 19.1 Å². The molecule has 79 valence electrons. The Kier molecular flexibility index (Phi) is 26.1. The maximum atomic E-state index is 9.44. The number of hydrogen-bond donors (Lipinski definition) is 0. The molecule has 0 bridgehead atoms. The van der Waals surface area contributed by atoms with Crippen molar-refractivity contribution in [3.63, 3.8) is 0 Å². The van der Waals surface area contributed by atoms with Gasteiger partial charge in [-0.25, -0.2) is 0 Å². The van der Waals surface area contributed by atoms with Crippen molar-refractivity contribution in [2.24, 2.45) is 0 Å². The van der Waals surface area contributed by atoms with Crippen molar-refractivity contribution < 1.29 is 37.5 Å². The second kappa shape index (κ2) is 15.5. The average molecular weight is 270 g/mol. The molecule has 1 rings (SSSR count). The van der Waals surface area contributed by atoms with E-state index in [0.717, 1.165) is 0 Å². The van der Waals surface area contributed by atoms with Crippen LogP contribution in [0.1, 0.15) is 26.8 Å². The zero-order valence-electron chi connectivity index (χ0n) is 8.87. The first-order valence-electron chi connectivity index (χ1n) is 3.61. The summed E-state index contributed by atoms with van der Waals surface area (Å²) in [5.41, 5.74) is 1.32. The first-order chi connectivity index (χ1) is 5.13. The Bertz CT molecular complexity index is 203. The van der Waals surface area contributed by atoms with Gasteiger partial charge in [-0.3, -0.25) is 0 Å². The van der Waals surface area contributed by atoms with E-state index in [1.54, 1.807) is 0 Å². The number of Topliss-reactive ketones (excluding diaryl/α,β-unsaturated/α-hetero) is 1. The Morgan fingerprint density at radius 3 is 1.50 bits per heavy atom. The minimum absolute atomic E-state index is 0. The smallest absolute Gasteiger partial charge is 0.126 e. The maximum Gasteiger partial charge on any atom is 0.126 e. The molecule has 0 aliphatic carbocycles. The van der Waals surface area contributed by atoms with Crippen LogP contribution in [0.2, 0.25) is 0 Å². The van der Waals surface area contributed by atoms with Crippen molar-refractivity contribution in [1.82, 2.24) is 0 Å². The van der Waals surface area contributed by atoms with Crippen LogP contribution in [-0.2, 0) is 37.5 Å². The summed E-state index contributed by atoms with van der Waals surface area (Å²) in [4.78, 5) is 9.44. The van der Waals surface area contributed by atoms with Crippen molar-refractivity contribution in [2.75, 3.05) is 0 Å². The first kappa shape index (κ1) is 23.7. The molecule has 0 heterocycles. The van der Waals surface area contributed by atoms with Gasteiger partial charge in [0, 0.05) is 32.7 Å². The summed E-state index contributed by atoms with van der Waals surface area (Å²) in [6.07, 6.45) is 0. The molecule has 14 heavy (non-hydrogen) atoms. The van der Waals surface area contributed by atoms with Gasteiger partial charge in [-0.2, -0.15) is 0 Å². The van der Waals surface area contributed by atoms with Crippen molar-refractivity contribution >= 4 is 5.78 Å². The fraction of sp³-hybridized carbons (Fsp3) is 0.333. The van der Waals surface area contributed by atoms with Crippen LogP contribution in [0.15, 0.2) is 30.3 Å². The molecular weight excluding hydrogens is 249 g/mol. The number of rotatable bonds is 0. The van der Waals surface area contributed by atoms with Gasteiger partial charge < -0.3 is 12.2 Å². The van der Waals surface area contributed by atoms with Crippen LogP contribution >= 0.6 is 0 Å². The molecule has 2 heteroatoms. The molecule has 0 aromatic heterocycles. The summed E-state index contributed by atoms with van der Waals surface area (Å²) >= 11 is 0. The van der Waals surface area contributed by atoms with Crippen LogP contribution < -0.4 is 0 Å². The van der Waals surface area contributed by atoms with Crippen LogP contribution in [0.5, 0.6) is 0 Å². The van der Waals surface area contributed by atoms with E-state index in [1.165, 1.54) is 19.4 Å². The van der Waals surface area contributed by atoms with Crippen molar-refractivity contribution in [3.05, 3.63) is 43.3 Å². The molecule has 1 aromatic rings. The number of ketones is 1. The number of benzene rings is 1. The Labute approximate surface area is 114 Å². The van der Waals surface area contributed by atoms with Gasteiger partial charge in [-0.1, -0.05) is 43.3 Å². The van der Waals surface area contributed by atoms with Gasteiger partial charge in [-0.05, 0) is 20.8 Å². The van der Waals surface area contributed by atoms with E-state index in [9.17, 15) is 4.79 Å². The molecule has 0 saturated heterocycles. The Balaban J connectivity index is -0.0000000650. The summed E-state index contributed by atoms with van der Waals surface area (Å²) in [6, 6.07) is 10.3. The van der Waals surface area contributed by atoms with Crippen LogP contribution in [0, 0.1) is 14.4 Å². The molecule has 0 atom stereocenters. The summed E-state index contributed by atoms with van der Waals surface area (Å²) in [7, 11) is 0. The number of carbonyl (C=O) groups excluding carboxylic acids is 1. The van der Waals surface area contributed by atoms with E-state index in [4.69, 9.17) is 0 Å². The minimum atomic E-state index is 0. The van der Waals surface area contributed by atoms with E-state index < -0.39 is 0 Å². The zero-order valence-corrected chi connectivity index (χ0v) is 11.7. The molecule has 0 fully saturated rings. The van der Waals surface area contributed by atoms with Gasteiger partial charge in [0.2, 0.25) is 0 Å². The molecule has 0 aliphatic heterocycles. The third-order valence-corrected chi connectivity index (χ3v) is 0.940. The van der Waals surface area contributed by atoms with E-state index >= 15 is 0 Å². The third kappa shape index (κ3) is 22.7. The fourth-order valence-electron chi connectivity index (χ4n) is 0.534.